The fourth-order valence-corrected chi connectivity index (χ4v) is 1.25. The molecule has 0 bridgehead atoms. The van der Waals surface area contributed by atoms with E-state index in [-0.39, 0.29) is 12.1 Å². The van der Waals surface area contributed by atoms with Gasteiger partial charge in [0.25, 0.3) is 0 Å². The highest BCUT2D eigenvalue weighted by Crippen LogP contribution is 2.29. The van der Waals surface area contributed by atoms with E-state index in [0.29, 0.717) is 6.08 Å². The summed E-state index contributed by atoms with van der Waals surface area (Å²) in [6, 6.07) is 4.50. The summed E-state index contributed by atoms with van der Waals surface area (Å²) >= 11 is 0. The van der Waals surface area contributed by atoms with E-state index >= 15 is 0 Å². The molecule has 19 heavy (non-hydrogen) atoms. The van der Waals surface area contributed by atoms with Gasteiger partial charge < -0.3 is 10.4 Å². The molecule has 1 rings (SSSR count). The highest BCUT2D eigenvalue weighted by Gasteiger charge is 2.30. The number of aliphatic carboxylic acids is 1. The second-order valence-corrected chi connectivity index (χ2v) is 3.59. The third-order valence-electron chi connectivity index (χ3n) is 2.10. The number of rotatable bonds is 4. The van der Waals surface area contributed by atoms with Crippen LogP contribution in [0.15, 0.2) is 36.4 Å². The van der Waals surface area contributed by atoms with Crippen molar-refractivity contribution in [3.63, 3.8) is 0 Å². The molecule has 4 nitrogen and oxygen atoms in total. The van der Waals surface area contributed by atoms with Crippen LogP contribution >= 0.6 is 0 Å². The fourth-order valence-electron chi connectivity index (χ4n) is 1.25. The number of nitrogens with one attached hydrogen (secondary N) is 1. The Kier molecular flexibility index (Phi) is 4.68. The molecule has 1 amide bonds. The lowest BCUT2D eigenvalue weighted by atomic mass is 10.1. The third kappa shape index (κ3) is 5.24. The summed E-state index contributed by atoms with van der Waals surface area (Å²) in [4.78, 5) is 21.3. The van der Waals surface area contributed by atoms with Gasteiger partial charge in [-0.15, -0.1) is 0 Å². The third-order valence-corrected chi connectivity index (χ3v) is 2.10. The maximum Gasteiger partial charge on any atom is 0.416 e. The molecule has 7 heteroatoms. The first-order valence-corrected chi connectivity index (χ1v) is 5.14. The molecule has 0 radical (unpaired) electrons. The molecule has 2 N–H and O–H groups in total. The quantitative estimate of drug-likeness (QED) is 0.824. The van der Waals surface area contributed by atoms with E-state index in [0.717, 1.165) is 18.2 Å². The number of carbonyl (C=O) groups is 2. The minimum atomic E-state index is -4.44. The van der Waals surface area contributed by atoms with Gasteiger partial charge in [-0.1, -0.05) is 12.1 Å². The largest absolute Gasteiger partial charge is 0.478 e. The first-order valence-electron chi connectivity index (χ1n) is 5.14. The first kappa shape index (κ1) is 14.7. The summed E-state index contributed by atoms with van der Waals surface area (Å²) in [5, 5.41) is 10.6. The Hall–Kier alpha value is -2.31. The molecule has 0 saturated carbocycles. The molecular weight excluding hydrogens is 263 g/mol. The molecule has 0 aromatic heterocycles. The molecule has 0 fully saturated rings. The zero-order chi connectivity index (χ0) is 14.5. The molecule has 0 atom stereocenters. The Morgan fingerprint density at radius 1 is 1.26 bits per heavy atom. The number of halogens is 3. The normalized spacial score (nSPS) is 11.5. The second kappa shape index (κ2) is 6.03. The second-order valence-electron chi connectivity index (χ2n) is 3.59. The predicted molar refractivity (Wildman–Crippen MR) is 60.1 cm³/mol. The van der Waals surface area contributed by atoms with Gasteiger partial charge in [0.2, 0.25) is 5.91 Å². The van der Waals surface area contributed by atoms with Gasteiger partial charge in [0.1, 0.15) is 0 Å². The van der Waals surface area contributed by atoms with Crippen molar-refractivity contribution in [3.8, 4) is 0 Å². The van der Waals surface area contributed by atoms with E-state index in [2.05, 4.69) is 5.32 Å². The highest BCUT2D eigenvalue weighted by molar-refractivity contribution is 5.93. The lowest BCUT2D eigenvalue weighted by Gasteiger charge is -2.08. The van der Waals surface area contributed by atoms with Crippen LogP contribution in [0.25, 0.3) is 0 Å². The molecule has 0 heterocycles. The lowest BCUT2D eigenvalue weighted by molar-refractivity contribution is -0.137. The predicted octanol–water partition coefficient (Wildman–Crippen LogP) is 1.96. The molecule has 0 aliphatic carbocycles. The smallest absolute Gasteiger partial charge is 0.416 e. The molecule has 0 spiro atoms. The summed E-state index contributed by atoms with van der Waals surface area (Å²) in [5.41, 5.74) is -0.535. The molecule has 0 unspecified atom stereocenters. The van der Waals surface area contributed by atoms with Crippen molar-refractivity contribution in [2.45, 2.75) is 12.7 Å². The van der Waals surface area contributed by atoms with Crippen LogP contribution < -0.4 is 5.32 Å². The average Bonchev–Trinajstić information content (AvgIpc) is 2.33. The SMILES string of the molecule is O=C(O)/C=C/C(=O)NCc1cccc(C(F)(F)F)c1. The summed E-state index contributed by atoms with van der Waals surface area (Å²) in [5.74, 6) is -1.98. The highest BCUT2D eigenvalue weighted by atomic mass is 19.4. The maximum atomic E-state index is 12.4. The molecule has 0 aliphatic rings. The summed E-state index contributed by atoms with van der Waals surface area (Å²) in [7, 11) is 0. The van der Waals surface area contributed by atoms with Crippen LogP contribution in [-0.4, -0.2) is 17.0 Å². The molecule has 1 aromatic rings. The number of amides is 1. The monoisotopic (exact) mass is 273 g/mol. The number of carbonyl (C=O) groups excluding carboxylic acids is 1. The Bertz CT molecular complexity index is 509. The van der Waals surface area contributed by atoms with Crippen LogP contribution in [0.2, 0.25) is 0 Å². The van der Waals surface area contributed by atoms with Crippen LogP contribution in [-0.2, 0) is 22.3 Å². The van der Waals surface area contributed by atoms with Gasteiger partial charge in [0, 0.05) is 18.7 Å². The van der Waals surface area contributed by atoms with Gasteiger partial charge in [-0.25, -0.2) is 4.79 Å². The van der Waals surface area contributed by atoms with Gasteiger partial charge in [-0.3, -0.25) is 4.79 Å². The number of carboxylic acid groups (broad SMARTS) is 1. The molecule has 0 aliphatic heterocycles. The Labute approximate surface area is 106 Å². The van der Waals surface area contributed by atoms with E-state index in [9.17, 15) is 22.8 Å². The molecular formula is C12H10F3NO3. The zero-order valence-corrected chi connectivity index (χ0v) is 9.57. The number of hydrogen-bond donors (Lipinski definition) is 2. The Morgan fingerprint density at radius 3 is 2.53 bits per heavy atom. The van der Waals surface area contributed by atoms with Crippen LogP contribution in [0, 0.1) is 0 Å². The van der Waals surface area contributed by atoms with Crippen LogP contribution in [0.5, 0.6) is 0 Å². The van der Waals surface area contributed by atoms with E-state index in [1.165, 1.54) is 12.1 Å². The van der Waals surface area contributed by atoms with Gasteiger partial charge in [-0.2, -0.15) is 13.2 Å². The van der Waals surface area contributed by atoms with Gasteiger partial charge in [-0.05, 0) is 17.7 Å². The summed E-state index contributed by atoms with van der Waals surface area (Å²) < 4.78 is 37.2. The van der Waals surface area contributed by atoms with Crippen molar-refractivity contribution in [3.05, 3.63) is 47.5 Å². The first-order chi connectivity index (χ1) is 8.79. The van der Waals surface area contributed by atoms with E-state index in [4.69, 9.17) is 5.11 Å². The van der Waals surface area contributed by atoms with E-state index in [1.54, 1.807) is 0 Å². The van der Waals surface area contributed by atoms with Crippen molar-refractivity contribution in [1.82, 2.24) is 5.32 Å². The minimum absolute atomic E-state index is 0.118. The van der Waals surface area contributed by atoms with Gasteiger partial charge in [0.15, 0.2) is 0 Å². The van der Waals surface area contributed by atoms with Gasteiger partial charge >= 0.3 is 12.1 Å². The standard InChI is InChI=1S/C12H10F3NO3/c13-12(14,15)9-3-1-2-8(6-9)7-16-10(17)4-5-11(18)19/h1-6H,7H2,(H,16,17)(H,18,19)/b5-4+. The maximum absolute atomic E-state index is 12.4. The molecule has 0 saturated heterocycles. The van der Waals surface area contributed by atoms with Crippen molar-refractivity contribution in [2.24, 2.45) is 0 Å². The number of benzene rings is 1. The molecule has 102 valence electrons. The average molecular weight is 273 g/mol. The number of hydrogen-bond acceptors (Lipinski definition) is 2. The Morgan fingerprint density at radius 2 is 1.95 bits per heavy atom. The van der Waals surface area contributed by atoms with Gasteiger partial charge in [0.05, 0.1) is 5.56 Å². The number of alkyl halides is 3. The van der Waals surface area contributed by atoms with Crippen molar-refractivity contribution < 1.29 is 27.9 Å². The van der Waals surface area contributed by atoms with Crippen molar-refractivity contribution in [2.75, 3.05) is 0 Å². The van der Waals surface area contributed by atoms with Crippen LogP contribution in [0.1, 0.15) is 11.1 Å². The van der Waals surface area contributed by atoms with Crippen LogP contribution in [0.3, 0.4) is 0 Å². The summed E-state index contributed by atoms with van der Waals surface area (Å²) in [6.45, 7) is -0.118. The van der Waals surface area contributed by atoms with E-state index < -0.39 is 23.6 Å². The van der Waals surface area contributed by atoms with E-state index in [1.807, 2.05) is 0 Å². The zero-order valence-electron chi connectivity index (χ0n) is 9.57. The summed E-state index contributed by atoms with van der Waals surface area (Å²) in [6.07, 6.45) is -3.01. The lowest BCUT2D eigenvalue weighted by Crippen LogP contribution is -2.21. The molecule has 1 aromatic carbocycles. The van der Waals surface area contributed by atoms with Crippen molar-refractivity contribution >= 4 is 11.9 Å². The number of carboxylic acids is 1. The van der Waals surface area contributed by atoms with Crippen molar-refractivity contribution in [1.29, 1.82) is 0 Å². The topological polar surface area (TPSA) is 66.4 Å². The Balaban J connectivity index is 2.64. The fraction of sp³-hybridized carbons (Fsp3) is 0.167. The minimum Gasteiger partial charge on any atom is -0.478 e. The van der Waals surface area contributed by atoms with Crippen LogP contribution in [0.4, 0.5) is 13.2 Å².